The van der Waals surface area contributed by atoms with Gasteiger partial charge < -0.3 is 5.32 Å². The number of aryl methyl sites for hydroxylation is 1. The standard InChI is InChI=1S/C17H21N3OS2/c1-12-15(23-17(20-12)13-5-4-8-18-9-13)10-19-16(21)11-22-14-6-2-3-7-14/h4-5,8-9,14H,2-3,6-7,10-11H2,1H3,(H,19,21). The summed E-state index contributed by atoms with van der Waals surface area (Å²) in [5.41, 5.74) is 2.01. The van der Waals surface area contributed by atoms with Crippen LogP contribution in [-0.4, -0.2) is 26.9 Å². The van der Waals surface area contributed by atoms with Crippen molar-refractivity contribution < 1.29 is 4.79 Å². The number of amides is 1. The van der Waals surface area contributed by atoms with Gasteiger partial charge in [0.05, 0.1) is 18.0 Å². The van der Waals surface area contributed by atoms with Crippen molar-refractivity contribution in [2.75, 3.05) is 5.75 Å². The molecule has 1 N–H and O–H groups in total. The summed E-state index contributed by atoms with van der Waals surface area (Å²) >= 11 is 3.43. The number of rotatable bonds is 6. The largest absolute Gasteiger partial charge is 0.350 e. The molecule has 0 atom stereocenters. The van der Waals surface area contributed by atoms with Gasteiger partial charge in [0.25, 0.3) is 0 Å². The van der Waals surface area contributed by atoms with Crippen molar-refractivity contribution in [1.29, 1.82) is 0 Å². The predicted molar refractivity (Wildman–Crippen MR) is 96.6 cm³/mol. The molecule has 0 spiro atoms. The lowest BCUT2D eigenvalue weighted by Crippen LogP contribution is -2.25. The van der Waals surface area contributed by atoms with Gasteiger partial charge in [-0.3, -0.25) is 9.78 Å². The molecule has 1 aliphatic carbocycles. The molecule has 0 saturated heterocycles. The Morgan fingerprint density at radius 3 is 3.00 bits per heavy atom. The van der Waals surface area contributed by atoms with E-state index in [1.54, 1.807) is 29.3 Å². The number of pyridine rings is 1. The van der Waals surface area contributed by atoms with Crippen molar-refractivity contribution in [3.63, 3.8) is 0 Å². The van der Waals surface area contributed by atoms with E-state index in [-0.39, 0.29) is 5.91 Å². The third kappa shape index (κ3) is 4.54. The first kappa shape index (κ1) is 16.5. The van der Waals surface area contributed by atoms with Gasteiger partial charge in [-0.1, -0.05) is 12.8 Å². The van der Waals surface area contributed by atoms with Crippen molar-refractivity contribution in [2.24, 2.45) is 0 Å². The van der Waals surface area contributed by atoms with Crippen LogP contribution in [-0.2, 0) is 11.3 Å². The summed E-state index contributed by atoms with van der Waals surface area (Å²) in [6, 6.07) is 3.92. The molecule has 2 aromatic rings. The van der Waals surface area contributed by atoms with Crippen LogP contribution in [0, 0.1) is 6.92 Å². The van der Waals surface area contributed by atoms with Crippen molar-refractivity contribution in [3.05, 3.63) is 35.1 Å². The van der Waals surface area contributed by atoms with Crippen LogP contribution in [0.3, 0.4) is 0 Å². The van der Waals surface area contributed by atoms with E-state index in [2.05, 4.69) is 15.3 Å². The molecule has 1 aliphatic rings. The minimum Gasteiger partial charge on any atom is -0.350 e. The van der Waals surface area contributed by atoms with E-state index in [9.17, 15) is 4.79 Å². The molecule has 6 heteroatoms. The van der Waals surface area contributed by atoms with E-state index in [4.69, 9.17) is 0 Å². The molecule has 2 heterocycles. The summed E-state index contributed by atoms with van der Waals surface area (Å²) in [5, 5.41) is 4.67. The molecule has 0 radical (unpaired) electrons. The second-order valence-electron chi connectivity index (χ2n) is 5.76. The Morgan fingerprint density at radius 1 is 1.43 bits per heavy atom. The molecule has 2 aromatic heterocycles. The molecule has 122 valence electrons. The van der Waals surface area contributed by atoms with E-state index >= 15 is 0 Å². The third-order valence-electron chi connectivity index (χ3n) is 4.00. The van der Waals surface area contributed by atoms with E-state index in [0.29, 0.717) is 17.5 Å². The van der Waals surface area contributed by atoms with E-state index < -0.39 is 0 Å². The highest BCUT2D eigenvalue weighted by atomic mass is 32.2. The Hall–Kier alpha value is -1.40. The Labute approximate surface area is 145 Å². The van der Waals surface area contributed by atoms with Crippen molar-refractivity contribution in [3.8, 4) is 10.6 Å². The number of nitrogens with one attached hydrogen (secondary N) is 1. The number of hydrogen-bond donors (Lipinski definition) is 1. The lowest BCUT2D eigenvalue weighted by atomic mass is 10.3. The molecule has 23 heavy (non-hydrogen) atoms. The number of carbonyl (C=O) groups is 1. The Morgan fingerprint density at radius 2 is 2.26 bits per heavy atom. The highest BCUT2D eigenvalue weighted by Crippen LogP contribution is 2.29. The lowest BCUT2D eigenvalue weighted by Gasteiger charge is -2.08. The Bertz CT molecular complexity index is 651. The summed E-state index contributed by atoms with van der Waals surface area (Å²) in [5.74, 6) is 0.690. The van der Waals surface area contributed by atoms with Crippen LogP contribution in [0.4, 0.5) is 0 Å². The summed E-state index contributed by atoms with van der Waals surface area (Å²) in [7, 11) is 0. The van der Waals surface area contributed by atoms with Crippen LogP contribution in [0.5, 0.6) is 0 Å². The van der Waals surface area contributed by atoms with Gasteiger partial charge in [-0.05, 0) is 31.9 Å². The van der Waals surface area contributed by atoms with Gasteiger partial charge in [0.2, 0.25) is 5.91 Å². The lowest BCUT2D eigenvalue weighted by molar-refractivity contribution is -0.118. The topological polar surface area (TPSA) is 54.9 Å². The van der Waals surface area contributed by atoms with Gasteiger partial charge >= 0.3 is 0 Å². The van der Waals surface area contributed by atoms with E-state index in [0.717, 1.165) is 21.1 Å². The quantitative estimate of drug-likeness (QED) is 0.863. The first-order valence-corrected chi connectivity index (χ1v) is 9.84. The molecule has 0 unspecified atom stereocenters. The van der Waals surface area contributed by atoms with Crippen molar-refractivity contribution in [2.45, 2.75) is 44.4 Å². The number of nitrogens with zero attached hydrogens (tertiary/aromatic N) is 2. The van der Waals surface area contributed by atoms with Crippen LogP contribution < -0.4 is 5.32 Å². The number of thiazole rings is 1. The van der Waals surface area contributed by atoms with Gasteiger partial charge in [-0.25, -0.2) is 4.98 Å². The van der Waals surface area contributed by atoms with E-state index in [1.165, 1.54) is 25.7 Å². The zero-order valence-corrected chi connectivity index (χ0v) is 14.9. The van der Waals surface area contributed by atoms with Crippen LogP contribution in [0.25, 0.3) is 10.6 Å². The maximum atomic E-state index is 12.0. The third-order valence-corrected chi connectivity index (χ3v) is 6.58. The first-order valence-electron chi connectivity index (χ1n) is 7.97. The number of hydrogen-bond acceptors (Lipinski definition) is 5. The van der Waals surface area contributed by atoms with Gasteiger partial charge in [-0.15, -0.1) is 23.1 Å². The summed E-state index contributed by atoms with van der Waals surface area (Å²) < 4.78 is 0. The van der Waals surface area contributed by atoms with Crippen LogP contribution in [0.15, 0.2) is 24.5 Å². The molecular weight excluding hydrogens is 326 g/mol. The zero-order valence-electron chi connectivity index (χ0n) is 13.2. The molecule has 1 fully saturated rings. The molecule has 1 amide bonds. The fraction of sp³-hybridized carbons (Fsp3) is 0.471. The van der Waals surface area contributed by atoms with Crippen molar-refractivity contribution >= 4 is 29.0 Å². The average molecular weight is 348 g/mol. The number of carbonyl (C=O) groups excluding carboxylic acids is 1. The molecule has 4 nitrogen and oxygen atoms in total. The Kier molecular flexibility index (Phi) is 5.67. The zero-order chi connectivity index (χ0) is 16.1. The SMILES string of the molecule is Cc1nc(-c2cccnc2)sc1CNC(=O)CSC1CCCC1. The number of thioether (sulfide) groups is 1. The first-order chi connectivity index (χ1) is 11.2. The Balaban J connectivity index is 1.52. The average Bonchev–Trinajstić information content (AvgIpc) is 3.21. The van der Waals surface area contributed by atoms with Crippen LogP contribution >= 0.6 is 23.1 Å². The highest BCUT2D eigenvalue weighted by Gasteiger charge is 2.17. The molecule has 1 saturated carbocycles. The fourth-order valence-electron chi connectivity index (χ4n) is 2.68. The summed E-state index contributed by atoms with van der Waals surface area (Å²) in [4.78, 5) is 21.8. The predicted octanol–water partition coefficient (Wildman–Crippen LogP) is 3.81. The monoisotopic (exact) mass is 347 g/mol. The normalized spacial score (nSPS) is 15.0. The smallest absolute Gasteiger partial charge is 0.230 e. The van der Waals surface area contributed by atoms with Gasteiger partial charge in [0.15, 0.2) is 0 Å². The maximum absolute atomic E-state index is 12.0. The minimum atomic E-state index is 0.123. The minimum absolute atomic E-state index is 0.123. The van der Waals surface area contributed by atoms with Gasteiger partial charge in [0, 0.05) is 28.1 Å². The maximum Gasteiger partial charge on any atom is 0.230 e. The van der Waals surface area contributed by atoms with Crippen molar-refractivity contribution in [1.82, 2.24) is 15.3 Å². The van der Waals surface area contributed by atoms with E-state index in [1.807, 2.05) is 25.3 Å². The van der Waals surface area contributed by atoms with Gasteiger partial charge in [0.1, 0.15) is 5.01 Å². The molecular formula is C17H21N3OS2. The summed E-state index contributed by atoms with van der Waals surface area (Å²) in [6.45, 7) is 2.55. The molecule has 0 bridgehead atoms. The summed E-state index contributed by atoms with van der Waals surface area (Å²) in [6.07, 6.45) is 8.74. The molecule has 0 aliphatic heterocycles. The molecule has 0 aromatic carbocycles. The highest BCUT2D eigenvalue weighted by molar-refractivity contribution is 8.00. The van der Waals surface area contributed by atoms with Crippen LogP contribution in [0.1, 0.15) is 36.3 Å². The second-order valence-corrected chi connectivity index (χ2v) is 8.14. The fourth-order valence-corrected chi connectivity index (χ4v) is 4.83. The molecule has 3 rings (SSSR count). The van der Waals surface area contributed by atoms with Gasteiger partial charge in [-0.2, -0.15) is 0 Å². The second kappa shape index (κ2) is 7.93. The van der Waals surface area contributed by atoms with Crippen LogP contribution in [0.2, 0.25) is 0 Å². The number of aromatic nitrogens is 2.